The Kier molecular flexibility index (Phi) is 5.08. The number of carbonyl (C=O) groups excluding carboxylic acids is 1. The Morgan fingerprint density at radius 3 is 2.52 bits per heavy atom. The van der Waals surface area contributed by atoms with Crippen LogP contribution in [0, 0.1) is 5.82 Å². The van der Waals surface area contributed by atoms with Gasteiger partial charge in [-0.1, -0.05) is 11.8 Å². The first kappa shape index (κ1) is 17.1. The number of nitrogens with zero attached hydrogens (tertiary/aromatic N) is 3. The van der Waals surface area contributed by atoms with Crippen LogP contribution in [0.15, 0.2) is 29.4 Å². The number of hydrogen-bond donors (Lipinski definition) is 2. The van der Waals surface area contributed by atoms with Crippen LogP contribution < -0.4 is 11.2 Å². The highest BCUT2D eigenvalue weighted by atomic mass is 32.2. The van der Waals surface area contributed by atoms with Gasteiger partial charge in [-0.3, -0.25) is 4.79 Å². The molecule has 0 bridgehead atoms. The van der Waals surface area contributed by atoms with E-state index >= 15 is 0 Å². The first-order chi connectivity index (χ1) is 10.8. The molecule has 23 heavy (non-hydrogen) atoms. The molecule has 3 N–H and O–H groups in total. The van der Waals surface area contributed by atoms with Crippen LogP contribution in [0.1, 0.15) is 0 Å². The highest BCUT2D eigenvalue weighted by molar-refractivity contribution is 7.99. The minimum atomic E-state index is -4.47. The lowest BCUT2D eigenvalue weighted by Gasteiger charge is -2.08. The summed E-state index contributed by atoms with van der Waals surface area (Å²) in [5, 5.41) is 9.44. The summed E-state index contributed by atoms with van der Waals surface area (Å²) in [6.45, 7) is -1.40. The molecular formula is C12H11F4N5OS. The predicted octanol–water partition coefficient (Wildman–Crippen LogP) is 1.57. The summed E-state index contributed by atoms with van der Waals surface area (Å²) in [5.74, 6) is 4.48. The van der Waals surface area contributed by atoms with E-state index in [2.05, 4.69) is 10.2 Å². The Labute approximate surface area is 132 Å². The molecule has 0 fully saturated rings. The van der Waals surface area contributed by atoms with Gasteiger partial charge in [-0.05, 0) is 24.3 Å². The van der Waals surface area contributed by atoms with Crippen molar-refractivity contribution < 1.29 is 22.4 Å². The van der Waals surface area contributed by atoms with E-state index in [0.717, 1.165) is 16.4 Å². The highest BCUT2D eigenvalue weighted by Crippen LogP contribution is 2.21. The Morgan fingerprint density at radius 1 is 1.26 bits per heavy atom. The number of thioether (sulfide) groups is 1. The SMILES string of the molecule is Nn1c(SCC(=O)NCC(F)(F)F)nnc1-c1ccc(F)cc1. The van der Waals surface area contributed by atoms with Crippen molar-refractivity contribution in [2.24, 2.45) is 0 Å². The van der Waals surface area contributed by atoms with Crippen molar-refractivity contribution in [2.75, 3.05) is 18.1 Å². The minimum absolute atomic E-state index is 0.145. The van der Waals surface area contributed by atoms with E-state index in [0.29, 0.717) is 5.56 Å². The number of nitrogens with two attached hydrogens (primary N) is 1. The van der Waals surface area contributed by atoms with Crippen molar-refractivity contribution in [3.63, 3.8) is 0 Å². The molecular weight excluding hydrogens is 338 g/mol. The molecule has 0 atom stereocenters. The highest BCUT2D eigenvalue weighted by Gasteiger charge is 2.27. The molecule has 1 amide bonds. The lowest BCUT2D eigenvalue weighted by molar-refractivity contribution is -0.136. The second kappa shape index (κ2) is 6.86. The molecule has 1 aromatic heterocycles. The number of aromatic nitrogens is 3. The maximum Gasteiger partial charge on any atom is 0.405 e. The van der Waals surface area contributed by atoms with Gasteiger partial charge in [-0.15, -0.1) is 10.2 Å². The van der Waals surface area contributed by atoms with Crippen LogP contribution in [0.2, 0.25) is 0 Å². The van der Waals surface area contributed by atoms with Gasteiger partial charge in [0.1, 0.15) is 12.4 Å². The molecule has 1 aromatic carbocycles. The van der Waals surface area contributed by atoms with Crippen LogP contribution in [-0.4, -0.2) is 39.3 Å². The fourth-order valence-electron chi connectivity index (χ4n) is 1.55. The van der Waals surface area contributed by atoms with Crippen LogP contribution in [0.3, 0.4) is 0 Å². The molecule has 2 aromatic rings. The van der Waals surface area contributed by atoms with Gasteiger partial charge in [0.25, 0.3) is 0 Å². The average molecular weight is 349 g/mol. The van der Waals surface area contributed by atoms with Crippen molar-refractivity contribution in [3.05, 3.63) is 30.1 Å². The van der Waals surface area contributed by atoms with E-state index in [-0.39, 0.29) is 16.7 Å². The van der Waals surface area contributed by atoms with Gasteiger partial charge in [-0.25, -0.2) is 9.07 Å². The molecule has 0 saturated carbocycles. The van der Waals surface area contributed by atoms with Gasteiger partial charge in [0.2, 0.25) is 11.1 Å². The normalized spacial score (nSPS) is 11.5. The summed E-state index contributed by atoms with van der Waals surface area (Å²) < 4.78 is 49.9. The fourth-order valence-corrected chi connectivity index (χ4v) is 2.24. The first-order valence-corrected chi connectivity index (χ1v) is 7.17. The zero-order valence-electron chi connectivity index (χ0n) is 11.5. The van der Waals surface area contributed by atoms with Gasteiger partial charge in [-0.2, -0.15) is 13.2 Å². The minimum Gasteiger partial charge on any atom is -0.346 e. The molecule has 1 heterocycles. The number of halogens is 4. The second-order valence-electron chi connectivity index (χ2n) is 4.36. The Morgan fingerprint density at radius 2 is 1.91 bits per heavy atom. The number of carbonyl (C=O) groups is 1. The smallest absolute Gasteiger partial charge is 0.346 e. The van der Waals surface area contributed by atoms with Gasteiger partial charge >= 0.3 is 6.18 Å². The number of rotatable bonds is 5. The average Bonchev–Trinajstić information content (AvgIpc) is 2.84. The number of amides is 1. The number of nitrogens with one attached hydrogen (secondary N) is 1. The second-order valence-corrected chi connectivity index (χ2v) is 5.31. The third-order valence-electron chi connectivity index (χ3n) is 2.59. The van der Waals surface area contributed by atoms with Crippen molar-refractivity contribution in [3.8, 4) is 11.4 Å². The van der Waals surface area contributed by atoms with E-state index in [9.17, 15) is 22.4 Å². The predicted molar refractivity (Wildman–Crippen MR) is 75.4 cm³/mol. The lowest BCUT2D eigenvalue weighted by Crippen LogP contribution is -2.34. The number of benzene rings is 1. The van der Waals surface area contributed by atoms with Gasteiger partial charge in [0.05, 0.1) is 5.75 Å². The van der Waals surface area contributed by atoms with E-state index in [1.807, 2.05) is 0 Å². The molecule has 0 aliphatic heterocycles. The summed E-state index contributed by atoms with van der Waals surface area (Å²) in [5.41, 5.74) is 0.509. The van der Waals surface area contributed by atoms with Crippen LogP contribution in [0.25, 0.3) is 11.4 Å². The van der Waals surface area contributed by atoms with E-state index in [4.69, 9.17) is 5.84 Å². The van der Waals surface area contributed by atoms with Crippen LogP contribution in [-0.2, 0) is 4.79 Å². The number of hydrogen-bond acceptors (Lipinski definition) is 5. The molecule has 0 unspecified atom stereocenters. The first-order valence-electron chi connectivity index (χ1n) is 6.19. The van der Waals surface area contributed by atoms with Gasteiger partial charge in [0, 0.05) is 5.56 Å². The maximum atomic E-state index is 12.9. The van der Waals surface area contributed by atoms with Crippen molar-refractivity contribution in [2.45, 2.75) is 11.3 Å². The molecule has 0 saturated heterocycles. The molecule has 11 heteroatoms. The third-order valence-corrected chi connectivity index (χ3v) is 3.53. The van der Waals surface area contributed by atoms with Crippen molar-refractivity contribution >= 4 is 17.7 Å². The van der Waals surface area contributed by atoms with Crippen molar-refractivity contribution in [1.29, 1.82) is 0 Å². The van der Waals surface area contributed by atoms with Crippen molar-refractivity contribution in [1.82, 2.24) is 20.2 Å². The molecule has 6 nitrogen and oxygen atoms in total. The van der Waals surface area contributed by atoms with Crippen LogP contribution >= 0.6 is 11.8 Å². The summed E-state index contributed by atoms with van der Waals surface area (Å²) in [4.78, 5) is 11.3. The molecule has 0 radical (unpaired) electrons. The zero-order valence-corrected chi connectivity index (χ0v) is 12.3. The Balaban J connectivity index is 1.97. The third kappa shape index (κ3) is 4.84. The molecule has 0 spiro atoms. The van der Waals surface area contributed by atoms with Crippen LogP contribution in [0.4, 0.5) is 17.6 Å². The summed E-state index contributed by atoms with van der Waals surface area (Å²) in [7, 11) is 0. The molecule has 0 aliphatic carbocycles. The lowest BCUT2D eigenvalue weighted by atomic mass is 10.2. The summed E-state index contributed by atoms with van der Waals surface area (Å²) in [6, 6.07) is 5.35. The fraction of sp³-hybridized carbons (Fsp3) is 0.250. The van der Waals surface area contributed by atoms with Gasteiger partial charge < -0.3 is 11.2 Å². The standard InChI is InChI=1S/C12H11F4N5OS/c13-8-3-1-7(2-4-8)10-19-20-11(21(10)17)23-5-9(22)18-6-12(14,15)16/h1-4H,5-6,17H2,(H,18,22). The molecule has 2 rings (SSSR count). The summed E-state index contributed by atoms with van der Waals surface area (Å²) in [6.07, 6.45) is -4.47. The largest absolute Gasteiger partial charge is 0.405 e. The maximum absolute atomic E-state index is 12.9. The topological polar surface area (TPSA) is 85.8 Å². The Hall–Kier alpha value is -2.30. The van der Waals surface area contributed by atoms with Gasteiger partial charge in [0.15, 0.2) is 5.82 Å². The van der Waals surface area contributed by atoms with E-state index in [1.165, 1.54) is 24.3 Å². The monoisotopic (exact) mass is 349 g/mol. The van der Waals surface area contributed by atoms with E-state index in [1.54, 1.807) is 5.32 Å². The zero-order chi connectivity index (χ0) is 17.0. The quantitative estimate of drug-likeness (QED) is 0.486. The molecule has 0 aliphatic rings. The van der Waals surface area contributed by atoms with Crippen LogP contribution in [0.5, 0.6) is 0 Å². The van der Waals surface area contributed by atoms with E-state index < -0.39 is 24.4 Å². The summed E-state index contributed by atoms with van der Waals surface area (Å²) >= 11 is 0.835. The Bertz CT molecular complexity index is 686. The number of nitrogen functional groups attached to an aromatic ring is 1. The number of alkyl halides is 3. The molecule has 124 valence electrons.